The van der Waals surface area contributed by atoms with Crippen molar-refractivity contribution in [1.29, 1.82) is 0 Å². The molecule has 4 aromatic rings. The highest BCUT2D eigenvalue weighted by Crippen LogP contribution is 2.22. The zero-order valence-corrected chi connectivity index (χ0v) is 16.8. The molecule has 0 aliphatic carbocycles. The van der Waals surface area contributed by atoms with E-state index in [1.54, 1.807) is 13.2 Å². The number of anilines is 1. The summed E-state index contributed by atoms with van der Waals surface area (Å²) >= 11 is 0. The molecule has 6 heteroatoms. The standard InChI is InChI=1S/C24H21N3O3/c1-16-5-3-7-19(13-16)24(28)25-20-8-4-6-18(15-20)23-26-22(30-27-23)14-17-9-11-21(29-2)12-10-17/h3-13,15H,14H2,1-2H3,(H,25,28). The van der Waals surface area contributed by atoms with E-state index in [1.807, 2.05) is 73.7 Å². The summed E-state index contributed by atoms with van der Waals surface area (Å²) in [5.41, 5.74) is 4.13. The maximum atomic E-state index is 12.5. The van der Waals surface area contributed by atoms with Crippen molar-refractivity contribution in [2.24, 2.45) is 0 Å². The molecule has 0 aliphatic rings. The second-order valence-electron chi connectivity index (χ2n) is 6.94. The van der Waals surface area contributed by atoms with Crippen LogP contribution in [-0.4, -0.2) is 23.2 Å². The summed E-state index contributed by atoms with van der Waals surface area (Å²) in [6.07, 6.45) is 0.529. The third-order valence-corrected chi connectivity index (χ3v) is 4.64. The first kappa shape index (κ1) is 19.4. The van der Waals surface area contributed by atoms with E-state index in [9.17, 15) is 4.79 Å². The quantitative estimate of drug-likeness (QED) is 0.499. The predicted octanol–water partition coefficient (Wildman–Crippen LogP) is 4.90. The van der Waals surface area contributed by atoms with Gasteiger partial charge in [0.25, 0.3) is 5.91 Å². The Morgan fingerprint density at radius 2 is 1.83 bits per heavy atom. The summed E-state index contributed by atoms with van der Waals surface area (Å²) in [5.74, 6) is 1.63. The molecular formula is C24H21N3O3. The largest absolute Gasteiger partial charge is 0.497 e. The molecule has 1 aromatic heterocycles. The molecule has 0 fully saturated rings. The number of aryl methyl sites for hydroxylation is 1. The number of hydrogen-bond donors (Lipinski definition) is 1. The van der Waals surface area contributed by atoms with Gasteiger partial charge in [-0.25, -0.2) is 0 Å². The Labute approximate surface area is 174 Å². The number of nitrogens with one attached hydrogen (secondary N) is 1. The van der Waals surface area contributed by atoms with Crippen molar-refractivity contribution in [3.05, 3.63) is 95.4 Å². The third kappa shape index (κ3) is 4.55. The van der Waals surface area contributed by atoms with E-state index in [1.165, 1.54) is 0 Å². The molecule has 1 amide bonds. The summed E-state index contributed by atoms with van der Waals surface area (Å²) in [6, 6.07) is 22.6. The molecule has 0 atom stereocenters. The van der Waals surface area contributed by atoms with Crippen molar-refractivity contribution < 1.29 is 14.1 Å². The first-order chi connectivity index (χ1) is 14.6. The number of amides is 1. The molecule has 150 valence electrons. The van der Waals surface area contributed by atoms with Gasteiger partial charge in [-0.1, -0.05) is 47.1 Å². The highest BCUT2D eigenvalue weighted by molar-refractivity contribution is 6.04. The molecule has 4 rings (SSSR count). The molecule has 3 aromatic carbocycles. The SMILES string of the molecule is COc1ccc(Cc2nc(-c3cccc(NC(=O)c4cccc(C)c4)c3)no2)cc1. The second-order valence-corrected chi connectivity index (χ2v) is 6.94. The zero-order chi connectivity index (χ0) is 20.9. The molecule has 0 saturated heterocycles. The number of rotatable bonds is 6. The summed E-state index contributed by atoms with van der Waals surface area (Å²) in [6.45, 7) is 1.96. The van der Waals surface area contributed by atoms with Gasteiger partial charge in [-0.05, 0) is 48.9 Å². The van der Waals surface area contributed by atoms with Crippen molar-refractivity contribution in [1.82, 2.24) is 10.1 Å². The molecule has 30 heavy (non-hydrogen) atoms. The number of nitrogens with zero attached hydrogens (tertiary/aromatic N) is 2. The number of methoxy groups -OCH3 is 1. The molecule has 0 unspecified atom stereocenters. The van der Waals surface area contributed by atoms with E-state index in [-0.39, 0.29) is 5.91 Å². The van der Waals surface area contributed by atoms with Gasteiger partial charge in [-0.2, -0.15) is 4.98 Å². The Morgan fingerprint density at radius 3 is 2.60 bits per heavy atom. The lowest BCUT2D eigenvalue weighted by Crippen LogP contribution is -2.11. The monoisotopic (exact) mass is 399 g/mol. The van der Waals surface area contributed by atoms with Crippen molar-refractivity contribution >= 4 is 11.6 Å². The second kappa shape index (κ2) is 8.61. The average Bonchev–Trinajstić information content (AvgIpc) is 3.23. The molecule has 1 heterocycles. The first-order valence-corrected chi connectivity index (χ1v) is 9.55. The molecule has 0 bridgehead atoms. The van der Waals surface area contributed by atoms with Crippen LogP contribution in [0.3, 0.4) is 0 Å². The fourth-order valence-corrected chi connectivity index (χ4v) is 3.09. The van der Waals surface area contributed by atoms with E-state index < -0.39 is 0 Å². The van der Waals surface area contributed by atoms with Gasteiger partial charge in [0.2, 0.25) is 11.7 Å². The van der Waals surface area contributed by atoms with Crippen LogP contribution in [0.2, 0.25) is 0 Å². The van der Waals surface area contributed by atoms with Gasteiger partial charge in [0, 0.05) is 16.8 Å². The van der Waals surface area contributed by atoms with Crippen LogP contribution in [-0.2, 0) is 6.42 Å². The van der Waals surface area contributed by atoms with Crippen molar-refractivity contribution in [2.45, 2.75) is 13.3 Å². The minimum absolute atomic E-state index is 0.163. The third-order valence-electron chi connectivity index (χ3n) is 4.64. The van der Waals surface area contributed by atoms with Gasteiger partial charge >= 0.3 is 0 Å². The van der Waals surface area contributed by atoms with Crippen LogP contribution < -0.4 is 10.1 Å². The number of carbonyl (C=O) groups excluding carboxylic acids is 1. The van der Waals surface area contributed by atoms with Crippen LogP contribution in [0.25, 0.3) is 11.4 Å². The predicted molar refractivity (Wildman–Crippen MR) is 115 cm³/mol. The zero-order valence-electron chi connectivity index (χ0n) is 16.8. The summed E-state index contributed by atoms with van der Waals surface area (Å²) in [5, 5.41) is 7.00. The summed E-state index contributed by atoms with van der Waals surface area (Å²) < 4.78 is 10.6. The van der Waals surface area contributed by atoms with Crippen molar-refractivity contribution in [3.8, 4) is 17.1 Å². The molecule has 1 N–H and O–H groups in total. The average molecular weight is 399 g/mol. The highest BCUT2D eigenvalue weighted by Gasteiger charge is 2.12. The molecule has 6 nitrogen and oxygen atoms in total. The van der Waals surface area contributed by atoms with E-state index in [2.05, 4.69) is 15.5 Å². The minimum Gasteiger partial charge on any atom is -0.497 e. The van der Waals surface area contributed by atoms with E-state index in [0.717, 1.165) is 22.4 Å². The summed E-state index contributed by atoms with van der Waals surface area (Å²) in [4.78, 5) is 17.0. The lowest BCUT2D eigenvalue weighted by molar-refractivity contribution is 0.102. The van der Waals surface area contributed by atoms with Gasteiger partial charge in [0.1, 0.15) is 5.75 Å². The van der Waals surface area contributed by atoms with Crippen LogP contribution in [0.15, 0.2) is 77.3 Å². The van der Waals surface area contributed by atoms with Gasteiger partial charge in [-0.3, -0.25) is 4.79 Å². The van der Waals surface area contributed by atoms with Crippen LogP contribution in [0.4, 0.5) is 5.69 Å². The van der Waals surface area contributed by atoms with E-state index in [4.69, 9.17) is 9.26 Å². The Kier molecular flexibility index (Phi) is 5.57. The number of aromatic nitrogens is 2. The van der Waals surface area contributed by atoms with Gasteiger partial charge in [-0.15, -0.1) is 0 Å². The normalized spacial score (nSPS) is 10.6. The van der Waals surface area contributed by atoms with Crippen molar-refractivity contribution in [2.75, 3.05) is 12.4 Å². The van der Waals surface area contributed by atoms with Crippen LogP contribution in [0.1, 0.15) is 27.4 Å². The lowest BCUT2D eigenvalue weighted by atomic mass is 10.1. The number of benzene rings is 3. The maximum absolute atomic E-state index is 12.5. The Balaban J connectivity index is 1.48. The van der Waals surface area contributed by atoms with Crippen LogP contribution in [0, 0.1) is 6.92 Å². The molecule has 0 radical (unpaired) electrons. The topological polar surface area (TPSA) is 77.2 Å². The molecule has 0 spiro atoms. The Bertz CT molecular complexity index is 1170. The van der Waals surface area contributed by atoms with Crippen molar-refractivity contribution in [3.63, 3.8) is 0 Å². The lowest BCUT2D eigenvalue weighted by Gasteiger charge is -2.07. The number of ether oxygens (including phenoxy) is 1. The fraction of sp³-hybridized carbons (Fsp3) is 0.125. The fourth-order valence-electron chi connectivity index (χ4n) is 3.09. The van der Waals surface area contributed by atoms with E-state index in [0.29, 0.717) is 29.4 Å². The summed E-state index contributed by atoms with van der Waals surface area (Å²) in [7, 11) is 1.64. The molecule has 0 aliphatic heterocycles. The first-order valence-electron chi connectivity index (χ1n) is 9.55. The number of hydrogen-bond acceptors (Lipinski definition) is 5. The van der Waals surface area contributed by atoms with Gasteiger partial charge in [0.05, 0.1) is 13.5 Å². The van der Waals surface area contributed by atoms with Crippen LogP contribution in [0.5, 0.6) is 5.75 Å². The molecular weight excluding hydrogens is 378 g/mol. The molecule has 0 saturated carbocycles. The number of carbonyl (C=O) groups is 1. The van der Waals surface area contributed by atoms with Gasteiger partial charge in [0.15, 0.2) is 0 Å². The van der Waals surface area contributed by atoms with Gasteiger partial charge < -0.3 is 14.6 Å². The Morgan fingerprint density at radius 1 is 1.03 bits per heavy atom. The maximum Gasteiger partial charge on any atom is 0.255 e. The van der Waals surface area contributed by atoms with Crippen LogP contribution >= 0.6 is 0 Å². The Hall–Kier alpha value is -3.93. The highest BCUT2D eigenvalue weighted by atomic mass is 16.5. The smallest absolute Gasteiger partial charge is 0.255 e. The minimum atomic E-state index is -0.163. The van der Waals surface area contributed by atoms with E-state index >= 15 is 0 Å².